The zero-order valence-corrected chi connectivity index (χ0v) is 7.42. The summed E-state index contributed by atoms with van der Waals surface area (Å²) in [5.74, 6) is 1.38. The first-order valence-electron chi connectivity index (χ1n) is 4.09. The van der Waals surface area contributed by atoms with Gasteiger partial charge in [0, 0.05) is 6.54 Å². The number of hydrogen-bond acceptors (Lipinski definition) is 2. The Hall–Kier alpha value is -0.790. The fourth-order valence-corrected chi connectivity index (χ4v) is 0.989. The molecule has 2 nitrogen and oxygen atoms in total. The smallest absolute Gasteiger partial charge is 0.208 e. The van der Waals surface area contributed by atoms with E-state index < -0.39 is 0 Å². The highest BCUT2D eigenvalue weighted by Crippen LogP contribution is 2.14. The highest BCUT2D eigenvalue weighted by molar-refractivity contribution is 5.89. The summed E-state index contributed by atoms with van der Waals surface area (Å²) in [7, 11) is 0. The Labute approximate surface area is 68.0 Å². The fraction of sp³-hybridized carbons (Fsp3) is 0.667. The maximum atomic E-state index is 5.28. The van der Waals surface area contributed by atoms with Gasteiger partial charge in [-0.25, -0.2) is 0 Å². The van der Waals surface area contributed by atoms with Gasteiger partial charge >= 0.3 is 0 Å². The molecule has 0 spiro atoms. The molecule has 0 aliphatic carbocycles. The highest BCUT2D eigenvalue weighted by atomic mass is 16.5. The summed E-state index contributed by atoms with van der Waals surface area (Å²) in [6.45, 7) is 7.86. The lowest BCUT2D eigenvalue weighted by molar-refractivity contribution is 0.326. The summed E-state index contributed by atoms with van der Waals surface area (Å²) in [6, 6.07) is 0. The molecule has 1 atom stereocenters. The average Bonchev–Trinajstić information content (AvgIpc) is 1.98. The molecule has 0 aromatic carbocycles. The molecular weight excluding hydrogens is 138 g/mol. The third-order valence-corrected chi connectivity index (χ3v) is 1.94. The van der Waals surface area contributed by atoms with Crippen LogP contribution in [0.4, 0.5) is 0 Å². The van der Waals surface area contributed by atoms with Crippen molar-refractivity contribution in [1.82, 2.24) is 0 Å². The van der Waals surface area contributed by atoms with E-state index in [9.17, 15) is 0 Å². The molecule has 0 radical (unpaired) electrons. The van der Waals surface area contributed by atoms with Gasteiger partial charge in [-0.15, -0.1) is 0 Å². The standard InChI is InChI=1S/C9H15NO/c1-4-11-9-5-7(2)8(3)6-10-9/h5,8H,4,6H2,1-3H3/t8-/m0/s1. The summed E-state index contributed by atoms with van der Waals surface area (Å²) in [5.41, 5.74) is 1.36. The molecule has 0 N–H and O–H groups in total. The van der Waals surface area contributed by atoms with Crippen molar-refractivity contribution < 1.29 is 4.74 Å². The van der Waals surface area contributed by atoms with E-state index in [-0.39, 0.29) is 0 Å². The molecule has 1 heterocycles. The lowest BCUT2D eigenvalue weighted by Gasteiger charge is -2.15. The Kier molecular flexibility index (Phi) is 2.69. The summed E-state index contributed by atoms with van der Waals surface area (Å²) in [6.07, 6.45) is 2.03. The van der Waals surface area contributed by atoms with Crippen molar-refractivity contribution in [3.63, 3.8) is 0 Å². The minimum absolute atomic E-state index is 0.583. The monoisotopic (exact) mass is 153 g/mol. The van der Waals surface area contributed by atoms with Gasteiger partial charge in [-0.1, -0.05) is 12.5 Å². The molecule has 1 aliphatic heterocycles. The second-order valence-electron chi connectivity index (χ2n) is 2.90. The van der Waals surface area contributed by atoms with Crippen molar-refractivity contribution in [2.24, 2.45) is 10.9 Å². The van der Waals surface area contributed by atoms with E-state index in [1.54, 1.807) is 0 Å². The van der Waals surface area contributed by atoms with E-state index in [4.69, 9.17) is 4.74 Å². The number of ether oxygens (including phenoxy) is 1. The van der Waals surface area contributed by atoms with Gasteiger partial charge in [0.25, 0.3) is 0 Å². The average molecular weight is 153 g/mol. The summed E-state index contributed by atoms with van der Waals surface area (Å²) in [5, 5.41) is 0. The SMILES string of the molecule is CCOC1=NC[C@H](C)C(C)=C1. The van der Waals surface area contributed by atoms with E-state index >= 15 is 0 Å². The van der Waals surface area contributed by atoms with E-state index in [1.165, 1.54) is 5.57 Å². The first-order valence-corrected chi connectivity index (χ1v) is 4.09. The van der Waals surface area contributed by atoms with Gasteiger partial charge in [0.05, 0.1) is 6.61 Å². The van der Waals surface area contributed by atoms with Crippen LogP contribution in [0.1, 0.15) is 20.8 Å². The third kappa shape index (κ3) is 2.07. The van der Waals surface area contributed by atoms with Crippen molar-refractivity contribution in [1.29, 1.82) is 0 Å². The molecular formula is C9H15NO. The Morgan fingerprint density at radius 3 is 3.00 bits per heavy atom. The minimum Gasteiger partial charge on any atom is -0.478 e. The van der Waals surface area contributed by atoms with Gasteiger partial charge in [0.15, 0.2) is 0 Å². The zero-order chi connectivity index (χ0) is 8.27. The molecule has 0 aromatic heterocycles. The highest BCUT2D eigenvalue weighted by Gasteiger charge is 2.10. The van der Waals surface area contributed by atoms with Crippen LogP contribution in [0.15, 0.2) is 16.6 Å². The normalized spacial score (nSPS) is 24.1. The Morgan fingerprint density at radius 2 is 2.45 bits per heavy atom. The molecule has 0 aromatic rings. The molecule has 0 saturated heterocycles. The summed E-state index contributed by atoms with van der Waals surface area (Å²) >= 11 is 0. The second-order valence-corrected chi connectivity index (χ2v) is 2.90. The van der Waals surface area contributed by atoms with Crippen LogP contribution < -0.4 is 0 Å². The Balaban J connectivity index is 2.59. The van der Waals surface area contributed by atoms with E-state index in [2.05, 4.69) is 18.8 Å². The van der Waals surface area contributed by atoms with Crippen molar-refractivity contribution in [2.45, 2.75) is 20.8 Å². The molecule has 0 unspecified atom stereocenters. The van der Waals surface area contributed by atoms with Gasteiger partial charge in [-0.05, 0) is 25.8 Å². The summed E-state index contributed by atoms with van der Waals surface area (Å²) in [4.78, 5) is 4.27. The van der Waals surface area contributed by atoms with Gasteiger partial charge in [-0.3, -0.25) is 4.99 Å². The molecule has 0 bridgehead atoms. The Morgan fingerprint density at radius 1 is 1.73 bits per heavy atom. The molecule has 62 valence electrons. The van der Waals surface area contributed by atoms with Gasteiger partial charge < -0.3 is 4.74 Å². The minimum atomic E-state index is 0.583. The molecule has 1 aliphatic rings. The number of dihydropyridines is 1. The van der Waals surface area contributed by atoms with Crippen LogP contribution in [0.2, 0.25) is 0 Å². The first-order chi connectivity index (χ1) is 5.24. The van der Waals surface area contributed by atoms with Crippen LogP contribution >= 0.6 is 0 Å². The van der Waals surface area contributed by atoms with E-state index in [0.29, 0.717) is 12.5 Å². The van der Waals surface area contributed by atoms with E-state index in [0.717, 1.165) is 12.4 Å². The largest absolute Gasteiger partial charge is 0.478 e. The van der Waals surface area contributed by atoms with Crippen LogP contribution in [-0.4, -0.2) is 19.0 Å². The number of hydrogen-bond donors (Lipinski definition) is 0. The fourth-order valence-electron chi connectivity index (χ4n) is 0.989. The Bertz CT molecular complexity index is 194. The van der Waals surface area contributed by atoms with Crippen LogP contribution in [0.25, 0.3) is 0 Å². The predicted octanol–water partition coefficient (Wildman–Crippen LogP) is 2.02. The molecule has 1 rings (SSSR count). The van der Waals surface area contributed by atoms with Gasteiger partial charge in [0.1, 0.15) is 0 Å². The van der Waals surface area contributed by atoms with Crippen LogP contribution in [0.5, 0.6) is 0 Å². The van der Waals surface area contributed by atoms with Crippen molar-refractivity contribution in [3.05, 3.63) is 11.6 Å². The van der Waals surface area contributed by atoms with Crippen molar-refractivity contribution >= 4 is 5.90 Å². The van der Waals surface area contributed by atoms with Crippen LogP contribution in [-0.2, 0) is 4.74 Å². The second kappa shape index (κ2) is 3.56. The topological polar surface area (TPSA) is 21.6 Å². The van der Waals surface area contributed by atoms with Gasteiger partial charge in [-0.2, -0.15) is 0 Å². The molecule has 0 fully saturated rings. The first kappa shape index (κ1) is 8.31. The maximum absolute atomic E-state index is 5.28. The van der Waals surface area contributed by atoms with E-state index in [1.807, 2.05) is 13.0 Å². The molecule has 11 heavy (non-hydrogen) atoms. The quantitative estimate of drug-likeness (QED) is 0.564. The van der Waals surface area contributed by atoms with Crippen molar-refractivity contribution in [2.75, 3.05) is 13.2 Å². The van der Waals surface area contributed by atoms with Crippen LogP contribution in [0, 0.1) is 5.92 Å². The predicted molar refractivity (Wildman–Crippen MR) is 46.8 cm³/mol. The third-order valence-electron chi connectivity index (χ3n) is 1.94. The van der Waals surface area contributed by atoms with Gasteiger partial charge in [0.2, 0.25) is 5.90 Å². The number of nitrogens with zero attached hydrogens (tertiary/aromatic N) is 1. The maximum Gasteiger partial charge on any atom is 0.208 e. The number of aliphatic imine (C=N–C) groups is 1. The molecule has 0 saturated carbocycles. The summed E-state index contributed by atoms with van der Waals surface area (Å²) < 4.78 is 5.28. The molecule has 0 amide bonds. The lowest BCUT2D eigenvalue weighted by atomic mass is 10.0. The number of rotatable bonds is 1. The van der Waals surface area contributed by atoms with Crippen LogP contribution in [0.3, 0.4) is 0 Å². The van der Waals surface area contributed by atoms with Crippen molar-refractivity contribution in [3.8, 4) is 0 Å². The zero-order valence-electron chi connectivity index (χ0n) is 7.42. The lowest BCUT2D eigenvalue weighted by Crippen LogP contribution is -2.13. The molecule has 2 heteroatoms.